The number of methoxy groups -OCH3 is 1. The van der Waals surface area contributed by atoms with Crippen molar-refractivity contribution in [2.45, 2.75) is 91.4 Å². The van der Waals surface area contributed by atoms with Gasteiger partial charge in [0.15, 0.2) is 6.04 Å². The molecule has 2 amide bonds. The number of rotatable bonds is 12. The van der Waals surface area contributed by atoms with E-state index in [0.29, 0.717) is 18.1 Å². The molecule has 9 nitrogen and oxygen atoms in total. The van der Waals surface area contributed by atoms with Crippen molar-refractivity contribution in [3.05, 3.63) is 29.8 Å². The number of carbonyl (C=O) groups excluding carboxylic acids is 3. The fraction of sp³-hybridized carbons (Fsp3) is 0.667. The fourth-order valence-corrected chi connectivity index (χ4v) is 3.18. The maximum Gasteiger partial charge on any atom is 0.420 e. The van der Waals surface area contributed by atoms with Crippen molar-refractivity contribution in [2.75, 3.05) is 26.8 Å². The third-order valence-corrected chi connectivity index (χ3v) is 4.84. The lowest BCUT2D eigenvalue weighted by Crippen LogP contribution is -2.55. The summed E-state index contributed by atoms with van der Waals surface area (Å²) in [5.74, 6) is -0.0384. The van der Waals surface area contributed by atoms with Gasteiger partial charge < -0.3 is 24.3 Å². The molecule has 1 aromatic rings. The van der Waals surface area contributed by atoms with Crippen LogP contribution in [0.5, 0.6) is 5.75 Å². The van der Waals surface area contributed by atoms with Gasteiger partial charge in [-0.15, -0.1) is 0 Å². The molecular formula is C27H44N2O7. The van der Waals surface area contributed by atoms with Gasteiger partial charge in [0.2, 0.25) is 0 Å². The lowest BCUT2D eigenvalue weighted by molar-refractivity contribution is -0.146. The number of unbranched alkanes of at least 4 members (excludes halogenated alkanes) is 2. The Labute approximate surface area is 215 Å². The number of benzene rings is 1. The summed E-state index contributed by atoms with van der Waals surface area (Å²) >= 11 is 0. The highest BCUT2D eigenvalue weighted by atomic mass is 16.6. The average Bonchev–Trinajstić information content (AvgIpc) is 2.76. The lowest BCUT2D eigenvalue weighted by Gasteiger charge is -2.32. The molecule has 204 valence electrons. The van der Waals surface area contributed by atoms with E-state index < -0.39 is 35.4 Å². The van der Waals surface area contributed by atoms with Crippen molar-refractivity contribution >= 4 is 18.2 Å². The molecule has 0 aliphatic heterocycles. The molecule has 0 radical (unpaired) electrons. The quantitative estimate of drug-likeness (QED) is 0.236. The zero-order chi connectivity index (χ0) is 27.4. The Kier molecular flexibility index (Phi) is 12.7. The summed E-state index contributed by atoms with van der Waals surface area (Å²) in [6.07, 6.45) is 2.64. The molecule has 0 aliphatic carbocycles. The Morgan fingerprint density at radius 1 is 0.917 bits per heavy atom. The van der Waals surface area contributed by atoms with E-state index in [9.17, 15) is 14.4 Å². The van der Waals surface area contributed by atoms with Gasteiger partial charge in [0.25, 0.3) is 0 Å². The number of ether oxygens (including phenoxy) is 4. The lowest BCUT2D eigenvalue weighted by atomic mass is 10.1. The van der Waals surface area contributed by atoms with Crippen molar-refractivity contribution < 1.29 is 33.3 Å². The summed E-state index contributed by atoms with van der Waals surface area (Å²) in [6.45, 7) is 12.8. The first-order valence-electron chi connectivity index (χ1n) is 12.5. The van der Waals surface area contributed by atoms with Crippen molar-refractivity contribution in [1.82, 2.24) is 10.2 Å². The molecule has 0 heterocycles. The first-order chi connectivity index (χ1) is 16.8. The number of amides is 2. The summed E-state index contributed by atoms with van der Waals surface area (Å²) in [6, 6.07) is 6.70. The molecule has 0 aromatic heterocycles. The summed E-state index contributed by atoms with van der Waals surface area (Å²) < 4.78 is 21.4. The van der Waals surface area contributed by atoms with E-state index in [0.717, 1.165) is 12.2 Å². The van der Waals surface area contributed by atoms with Crippen molar-refractivity contribution in [3.8, 4) is 5.75 Å². The van der Waals surface area contributed by atoms with Gasteiger partial charge in [-0.25, -0.2) is 14.4 Å². The maximum atomic E-state index is 12.9. The number of imide groups is 1. The molecule has 1 unspecified atom stereocenters. The van der Waals surface area contributed by atoms with Crippen molar-refractivity contribution in [3.63, 3.8) is 0 Å². The van der Waals surface area contributed by atoms with Gasteiger partial charge in [0, 0.05) is 13.1 Å². The van der Waals surface area contributed by atoms with Crippen LogP contribution < -0.4 is 10.1 Å². The predicted molar refractivity (Wildman–Crippen MR) is 138 cm³/mol. The molecule has 0 bridgehead atoms. The Morgan fingerprint density at radius 3 is 1.94 bits per heavy atom. The highest BCUT2D eigenvalue weighted by molar-refractivity contribution is 5.94. The standard InChI is InChI=1S/C27H44N2O7/c1-9-10-11-12-20-13-15-21(16-14-20)34-18-17-28-19-22(23(30)33-8)29(24(31)35-26(2,3)4)25(32)36-27(5,6)7/h13-16,22,28H,9-12,17-19H2,1-8H3. The molecule has 1 N–H and O–H groups in total. The number of carbonyl (C=O) groups is 3. The first kappa shape index (κ1) is 31.2. The highest BCUT2D eigenvalue weighted by Gasteiger charge is 2.40. The van der Waals surface area contributed by atoms with E-state index in [1.165, 1.54) is 31.9 Å². The van der Waals surface area contributed by atoms with Crippen molar-refractivity contribution in [1.29, 1.82) is 0 Å². The largest absolute Gasteiger partial charge is 0.492 e. The van der Waals surface area contributed by atoms with Crippen LogP contribution in [0.3, 0.4) is 0 Å². The van der Waals surface area contributed by atoms with Crippen LogP contribution in [0.2, 0.25) is 0 Å². The third kappa shape index (κ3) is 12.2. The molecule has 1 aromatic carbocycles. The monoisotopic (exact) mass is 508 g/mol. The third-order valence-electron chi connectivity index (χ3n) is 4.84. The van der Waals surface area contributed by atoms with Crippen LogP contribution in [0.15, 0.2) is 24.3 Å². The second-order valence-electron chi connectivity index (χ2n) is 10.5. The van der Waals surface area contributed by atoms with Gasteiger partial charge in [-0.1, -0.05) is 31.9 Å². The average molecular weight is 509 g/mol. The van der Waals surface area contributed by atoms with E-state index in [2.05, 4.69) is 24.4 Å². The second-order valence-corrected chi connectivity index (χ2v) is 10.5. The molecule has 1 atom stereocenters. The van der Waals surface area contributed by atoms with Crippen molar-refractivity contribution in [2.24, 2.45) is 0 Å². The molecule has 0 spiro atoms. The number of hydrogen-bond acceptors (Lipinski definition) is 8. The van der Waals surface area contributed by atoms with Crippen LogP contribution in [0.25, 0.3) is 0 Å². The summed E-state index contributed by atoms with van der Waals surface area (Å²) in [4.78, 5) is 39.0. The minimum atomic E-state index is -1.29. The number of nitrogens with zero attached hydrogens (tertiary/aromatic N) is 1. The Hall–Kier alpha value is -2.81. The molecule has 0 aliphatic rings. The first-order valence-corrected chi connectivity index (χ1v) is 12.5. The fourth-order valence-electron chi connectivity index (χ4n) is 3.18. The van der Waals surface area contributed by atoms with Crippen LogP contribution in [0.1, 0.15) is 73.3 Å². The van der Waals surface area contributed by atoms with Crippen LogP contribution in [-0.4, -0.2) is 67.1 Å². The van der Waals surface area contributed by atoms with Gasteiger partial charge in [-0.3, -0.25) is 0 Å². The van der Waals surface area contributed by atoms with E-state index in [4.69, 9.17) is 18.9 Å². The normalized spacial score (nSPS) is 12.4. The topological polar surface area (TPSA) is 103 Å². The molecule has 0 saturated carbocycles. The Morgan fingerprint density at radius 2 is 1.47 bits per heavy atom. The smallest absolute Gasteiger partial charge is 0.420 e. The van der Waals surface area contributed by atoms with Crippen LogP contribution in [0, 0.1) is 0 Å². The molecule has 1 rings (SSSR count). The second kappa shape index (κ2) is 14.7. The zero-order valence-corrected chi connectivity index (χ0v) is 23.1. The molecular weight excluding hydrogens is 464 g/mol. The van der Waals surface area contributed by atoms with E-state index >= 15 is 0 Å². The van der Waals surface area contributed by atoms with Gasteiger partial charge >= 0.3 is 18.2 Å². The molecule has 0 saturated heterocycles. The van der Waals surface area contributed by atoms with Crippen LogP contribution in [0.4, 0.5) is 9.59 Å². The minimum Gasteiger partial charge on any atom is -0.492 e. The van der Waals surface area contributed by atoms with E-state index in [-0.39, 0.29) is 6.54 Å². The van der Waals surface area contributed by atoms with E-state index in [1.54, 1.807) is 41.5 Å². The maximum absolute atomic E-state index is 12.9. The number of nitrogens with one attached hydrogen (secondary N) is 1. The number of hydrogen-bond donors (Lipinski definition) is 1. The Balaban J connectivity index is 2.78. The van der Waals surface area contributed by atoms with E-state index in [1.807, 2.05) is 12.1 Å². The van der Waals surface area contributed by atoms with Gasteiger partial charge in [0.05, 0.1) is 7.11 Å². The van der Waals surface area contributed by atoms with Gasteiger partial charge in [0.1, 0.15) is 23.6 Å². The van der Waals surface area contributed by atoms with Gasteiger partial charge in [-0.2, -0.15) is 4.90 Å². The summed E-state index contributed by atoms with van der Waals surface area (Å²) in [5.41, 5.74) is -0.491. The highest BCUT2D eigenvalue weighted by Crippen LogP contribution is 2.18. The van der Waals surface area contributed by atoms with Crippen LogP contribution in [-0.2, 0) is 25.4 Å². The molecule has 36 heavy (non-hydrogen) atoms. The van der Waals surface area contributed by atoms with Gasteiger partial charge in [-0.05, 0) is 72.1 Å². The SMILES string of the molecule is CCCCCc1ccc(OCCNCC(C(=O)OC)N(C(=O)OC(C)(C)C)C(=O)OC(C)(C)C)cc1. The predicted octanol–water partition coefficient (Wildman–Crippen LogP) is 5.10. The number of aryl methyl sites for hydroxylation is 1. The molecule has 0 fully saturated rings. The Bertz CT molecular complexity index is 798. The van der Waals surface area contributed by atoms with Crippen LogP contribution >= 0.6 is 0 Å². The summed E-state index contributed by atoms with van der Waals surface area (Å²) in [7, 11) is 1.19. The summed E-state index contributed by atoms with van der Waals surface area (Å²) in [5, 5.41) is 3.05. The minimum absolute atomic E-state index is 0.0646. The number of esters is 1. The zero-order valence-electron chi connectivity index (χ0n) is 23.1. The molecule has 9 heteroatoms.